The van der Waals surface area contributed by atoms with E-state index in [0.717, 1.165) is 11.1 Å². The van der Waals surface area contributed by atoms with E-state index in [9.17, 15) is 24.6 Å². The fraction of sp³-hybridized carbons (Fsp3) is 0.400. The fourth-order valence-corrected chi connectivity index (χ4v) is 4.09. The van der Waals surface area contributed by atoms with E-state index in [1.807, 2.05) is 45.9 Å². The largest absolute Gasteiger partial charge is 0.395 e. The van der Waals surface area contributed by atoms with Crippen molar-refractivity contribution in [3.05, 3.63) is 64.2 Å². The van der Waals surface area contributed by atoms with Crippen LogP contribution in [0.15, 0.2) is 36.4 Å². The number of nitrogens with zero attached hydrogens (tertiary/aromatic N) is 2. The first-order valence-electron chi connectivity index (χ1n) is 10.9. The summed E-state index contributed by atoms with van der Waals surface area (Å²) < 4.78 is 0. The predicted octanol–water partition coefficient (Wildman–Crippen LogP) is 3.16. The molecule has 1 heterocycles. The zero-order valence-electron chi connectivity index (χ0n) is 19.0. The number of imide groups is 1. The summed E-state index contributed by atoms with van der Waals surface area (Å²) in [5, 5.41) is 18.4. The Bertz CT molecular complexity index is 1010. The summed E-state index contributed by atoms with van der Waals surface area (Å²) in [6, 6.07) is 10.3. The van der Waals surface area contributed by atoms with E-state index < -0.39 is 17.7 Å². The van der Waals surface area contributed by atoms with Crippen LogP contribution in [0.2, 0.25) is 0 Å². The van der Waals surface area contributed by atoms with E-state index in [-0.39, 0.29) is 54.8 Å². The highest BCUT2D eigenvalue weighted by Crippen LogP contribution is 2.39. The van der Waals surface area contributed by atoms with Gasteiger partial charge >= 0.3 is 0 Å². The Hall–Kier alpha value is -3.03. The van der Waals surface area contributed by atoms with Crippen molar-refractivity contribution >= 4 is 23.4 Å². The Labute approximate surface area is 188 Å². The van der Waals surface area contributed by atoms with Crippen LogP contribution >= 0.6 is 0 Å². The zero-order chi connectivity index (χ0) is 23.6. The summed E-state index contributed by atoms with van der Waals surface area (Å²) in [5.74, 6) is -1.06. The molecule has 0 saturated heterocycles. The molecule has 1 aliphatic heterocycles. The number of para-hydroxylation sites is 1. The molecule has 0 bridgehead atoms. The van der Waals surface area contributed by atoms with Crippen LogP contribution in [-0.4, -0.2) is 59.1 Å². The Balaban J connectivity index is 2.07. The lowest BCUT2D eigenvalue weighted by molar-refractivity contribution is 0.0684. The molecule has 0 atom stereocenters. The second-order valence-electron chi connectivity index (χ2n) is 8.54. The second kappa shape index (κ2) is 9.63. The molecule has 0 aromatic heterocycles. The van der Waals surface area contributed by atoms with E-state index in [1.54, 1.807) is 0 Å². The van der Waals surface area contributed by atoms with Gasteiger partial charge in [0.15, 0.2) is 0 Å². The Morgan fingerprint density at radius 1 is 0.875 bits per heavy atom. The van der Waals surface area contributed by atoms with E-state index >= 15 is 0 Å². The molecule has 0 aliphatic carbocycles. The highest BCUT2D eigenvalue weighted by Gasteiger charge is 2.39. The maximum absolute atomic E-state index is 13.5. The third-order valence-corrected chi connectivity index (χ3v) is 5.73. The van der Waals surface area contributed by atoms with Crippen molar-refractivity contribution in [2.24, 2.45) is 0 Å². The first kappa shape index (κ1) is 23.6. The molecule has 0 radical (unpaired) electrons. The molecule has 0 fully saturated rings. The SMILES string of the molecule is CC(C)c1cccc(C(C)C)c1N1C(=O)c2ccc(C(=O)N(CCO)CCO)cc2C1=O. The van der Waals surface area contributed by atoms with E-state index in [1.165, 1.54) is 28.0 Å². The molecule has 0 saturated carbocycles. The van der Waals surface area contributed by atoms with E-state index in [2.05, 4.69) is 0 Å². The van der Waals surface area contributed by atoms with Crippen LogP contribution in [0.1, 0.15) is 81.7 Å². The van der Waals surface area contributed by atoms with Crippen LogP contribution in [0.5, 0.6) is 0 Å². The Morgan fingerprint density at radius 2 is 1.41 bits per heavy atom. The molecule has 0 spiro atoms. The highest BCUT2D eigenvalue weighted by molar-refractivity contribution is 6.35. The van der Waals surface area contributed by atoms with Gasteiger partial charge in [0.2, 0.25) is 0 Å². The van der Waals surface area contributed by atoms with Crippen molar-refractivity contribution in [1.29, 1.82) is 0 Å². The third kappa shape index (κ3) is 4.18. The van der Waals surface area contributed by atoms with Gasteiger partial charge in [0.05, 0.1) is 30.0 Å². The van der Waals surface area contributed by atoms with Crippen molar-refractivity contribution in [1.82, 2.24) is 4.90 Å². The summed E-state index contributed by atoms with van der Waals surface area (Å²) in [5.41, 5.74) is 3.13. The highest BCUT2D eigenvalue weighted by atomic mass is 16.3. The average molecular weight is 439 g/mol. The Morgan fingerprint density at radius 3 is 1.91 bits per heavy atom. The number of carbonyl (C=O) groups is 3. The van der Waals surface area contributed by atoms with Crippen LogP contribution in [-0.2, 0) is 0 Å². The van der Waals surface area contributed by atoms with E-state index in [4.69, 9.17) is 0 Å². The summed E-state index contributed by atoms with van der Waals surface area (Å²) in [6.45, 7) is 7.73. The van der Waals surface area contributed by atoms with Gasteiger partial charge in [-0.3, -0.25) is 14.4 Å². The smallest absolute Gasteiger partial charge is 0.266 e. The maximum Gasteiger partial charge on any atom is 0.266 e. The Kier molecular flexibility index (Phi) is 7.11. The minimum atomic E-state index is -0.453. The molecular weight excluding hydrogens is 408 g/mol. The fourth-order valence-electron chi connectivity index (χ4n) is 4.09. The number of aliphatic hydroxyl groups is 2. The van der Waals surface area contributed by atoms with Gasteiger partial charge in [-0.15, -0.1) is 0 Å². The number of hydrogen-bond donors (Lipinski definition) is 2. The number of amides is 3. The minimum Gasteiger partial charge on any atom is -0.395 e. The first-order chi connectivity index (χ1) is 15.2. The molecule has 2 N–H and O–H groups in total. The van der Waals surface area contributed by atoms with Crippen LogP contribution in [0.25, 0.3) is 0 Å². The number of hydrogen-bond acceptors (Lipinski definition) is 5. The molecule has 7 heteroatoms. The first-order valence-corrected chi connectivity index (χ1v) is 10.9. The topological polar surface area (TPSA) is 98.2 Å². The number of aliphatic hydroxyl groups excluding tert-OH is 2. The molecule has 2 aromatic rings. The summed E-state index contributed by atoms with van der Waals surface area (Å²) >= 11 is 0. The molecule has 1 aliphatic rings. The van der Waals surface area contributed by atoms with Crippen molar-refractivity contribution in [2.45, 2.75) is 39.5 Å². The van der Waals surface area contributed by atoms with Crippen molar-refractivity contribution in [2.75, 3.05) is 31.2 Å². The quantitative estimate of drug-likeness (QED) is 0.617. The van der Waals surface area contributed by atoms with Crippen LogP contribution in [0.4, 0.5) is 5.69 Å². The standard InChI is InChI=1S/C25H30N2O5/c1-15(2)18-6-5-7-19(16(3)4)22(18)27-24(31)20-9-8-17(14-21(20)25(27)32)23(30)26(10-12-28)11-13-29/h5-9,14-16,28-29H,10-13H2,1-4H3. The summed E-state index contributed by atoms with van der Waals surface area (Å²) in [4.78, 5) is 42.2. The lowest BCUT2D eigenvalue weighted by Crippen LogP contribution is -2.36. The average Bonchev–Trinajstić information content (AvgIpc) is 3.01. The lowest BCUT2D eigenvalue weighted by atomic mass is 9.92. The number of rotatable bonds is 8. The minimum absolute atomic E-state index is 0.0645. The molecule has 32 heavy (non-hydrogen) atoms. The van der Waals surface area contributed by atoms with Gasteiger partial charge in [-0.25, -0.2) is 4.90 Å². The number of benzene rings is 2. The van der Waals surface area contributed by atoms with Crippen molar-refractivity contribution in [3.63, 3.8) is 0 Å². The second-order valence-corrected chi connectivity index (χ2v) is 8.54. The zero-order valence-corrected chi connectivity index (χ0v) is 19.0. The van der Waals surface area contributed by atoms with Crippen LogP contribution in [0, 0.1) is 0 Å². The lowest BCUT2D eigenvalue weighted by Gasteiger charge is -2.25. The van der Waals surface area contributed by atoms with Gasteiger partial charge in [0, 0.05) is 18.7 Å². The molecule has 3 amide bonds. The molecule has 7 nitrogen and oxygen atoms in total. The number of anilines is 1. The summed E-state index contributed by atoms with van der Waals surface area (Å²) in [6.07, 6.45) is 0. The normalized spacial score (nSPS) is 13.3. The van der Waals surface area contributed by atoms with Crippen LogP contribution in [0.3, 0.4) is 0 Å². The molecule has 3 rings (SSSR count). The molecule has 2 aromatic carbocycles. The van der Waals surface area contributed by atoms with Crippen molar-refractivity contribution in [3.8, 4) is 0 Å². The van der Waals surface area contributed by atoms with Gasteiger partial charge in [-0.2, -0.15) is 0 Å². The molecular formula is C25H30N2O5. The number of carbonyl (C=O) groups excluding carboxylic acids is 3. The number of fused-ring (bicyclic) bond motifs is 1. The molecule has 170 valence electrons. The van der Waals surface area contributed by atoms with Gasteiger partial charge in [-0.05, 0) is 41.2 Å². The third-order valence-electron chi connectivity index (χ3n) is 5.73. The summed E-state index contributed by atoms with van der Waals surface area (Å²) in [7, 11) is 0. The molecule has 0 unspecified atom stereocenters. The van der Waals surface area contributed by atoms with Gasteiger partial charge in [0.25, 0.3) is 17.7 Å². The van der Waals surface area contributed by atoms with Gasteiger partial charge in [-0.1, -0.05) is 45.9 Å². The monoisotopic (exact) mass is 438 g/mol. The maximum atomic E-state index is 13.5. The van der Waals surface area contributed by atoms with E-state index in [0.29, 0.717) is 5.69 Å². The van der Waals surface area contributed by atoms with Crippen LogP contribution < -0.4 is 4.90 Å². The van der Waals surface area contributed by atoms with Crippen molar-refractivity contribution < 1.29 is 24.6 Å². The van der Waals surface area contributed by atoms with Gasteiger partial charge < -0.3 is 15.1 Å². The predicted molar refractivity (Wildman–Crippen MR) is 122 cm³/mol. The van der Waals surface area contributed by atoms with Gasteiger partial charge in [0.1, 0.15) is 0 Å².